The van der Waals surface area contributed by atoms with Gasteiger partial charge in [0.1, 0.15) is 10.9 Å². The second kappa shape index (κ2) is 5.57. The summed E-state index contributed by atoms with van der Waals surface area (Å²) in [7, 11) is 1.46. The standard InChI is InChI=1S/C14H12ClN3O3/c1-20-12-7-11(15)16-14(17-12)18-13(19)10-6-8-4-2-3-5-9(8)21-10/h2-5,7,10H,6H2,1H3,(H,16,17,18,19). The first-order chi connectivity index (χ1) is 10.2. The molecule has 1 aliphatic heterocycles. The molecule has 7 heteroatoms. The zero-order chi connectivity index (χ0) is 14.8. The summed E-state index contributed by atoms with van der Waals surface area (Å²) in [5.74, 6) is 0.766. The molecule has 1 aliphatic rings. The Hall–Kier alpha value is -2.34. The third kappa shape index (κ3) is 2.90. The Morgan fingerprint density at radius 1 is 1.43 bits per heavy atom. The normalized spacial score (nSPS) is 16.0. The maximum Gasteiger partial charge on any atom is 0.268 e. The molecule has 0 aliphatic carbocycles. The van der Waals surface area contributed by atoms with Crippen molar-refractivity contribution >= 4 is 23.5 Å². The molecule has 1 N–H and O–H groups in total. The Bertz CT molecular complexity index is 668. The fourth-order valence-corrected chi connectivity index (χ4v) is 2.25. The van der Waals surface area contributed by atoms with Crippen LogP contribution in [0.25, 0.3) is 0 Å². The van der Waals surface area contributed by atoms with Gasteiger partial charge in [0.05, 0.1) is 7.11 Å². The highest BCUT2D eigenvalue weighted by Crippen LogP contribution is 2.28. The summed E-state index contributed by atoms with van der Waals surface area (Å²) in [6.07, 6.45) is -0.0873. The second-order valence-corrected chi connectivity index (χ2v) is 4.85. The van der Waals surface area contributed by atoms with Gasteiger partial charge in [-0.3, -0.25) is 10.1 Å². The third-order valence-corrected chi connectivity index (χ3v) is 3.25. The van der Waals surface area contributed by atoms with Crippen molar-refractivity contribution in [3.8, 4) is 11.6 Å². The van der Waals surface area contributed by atoms with E-state index in [-0.39, 0.29) is 22.9 Å². The van der Waals surface area contributed by atoms with Gasteiger partial charge in [0, 0.05) is 12.5 Å². The summed E-state index contributed by atoms with van der Waals surface area (Å²) in [6.45, 7) is 0. The molecule has 108 valence electrons. The molecule has 1 aromatic carbocycles. The first-order valence-corrected chi connectivity index (χ1v) is 6.67. The first-order valence-electron chi connectivity index (χ1n) is 6.29. The van der Waals surface area contributed by atoms with E-state index in [1.165, 1.54) is 13.2 Å². The van der Waals surface area contributed by atoms with Crippen LogP contribution >= 0.6 is 11.6 Å². The molecule has 1 amide bonds. The number of fused-ring (bicyclic) bond motifs is 1. The number of carbonyl (C=O) groups excluding carboxylic acids is 1. The van der Waals surface area contributed by atoms with E-state index in [0.29, 0.717) is 6.42 Å². The minimum Gasteiger partial charge on any atom is -0.481 e. The number of para-hydroxylation sites is 1. The Morgan fingerprint density at radius 3 is 3.00 bits per heavy atom. The van der Waals surface area contributed by atoms with Crippen molar-refractivity contribution in [1.29, 1.82) is 0 Å². The lowest BCUT2D eigenvalue weighted by molar-refractivity contribution is -0.122. The van der Waals surface area contributed by atoms with Gasteiger partial charge >= 0.3 is 0 Å². The van der Waals surface area contributed by atoms with E-state index in [2.05, 4.69) is 15.3 Å². The van der Waals surface area contributed by atoms with E-state index < -0.39 is 6.10 Å². The van der Waals surface area contributed by atoms with Crippen molar-refractivity contribution in [2.24, 2.45) is 0 Å². The average molecular weight is 306 g/mol. The molecular formula is C14H12ClN3O3. The van der Waals surface area contributed by atoms with E-state index in [4.69, 9.17) is 21.1 Å². The number of rotatable bonds is 3. The van der Waals surface area contributed by atoms with Crippen molar-refractivity contribution < 1.29 is 14.3 Å². The van der Waals surface area contributed by atoms with E-state index in [0.717, 1.165) is 11.3 Å². The number of benzene rings is 1. The van der Waals surface area contributed by atoms with Gasteiger partial charge in [-0.1, -0.05) is 29.8 Å². The molecule has 3 rings (SSSR count). The smallest absolute Gasteiger partial charge is 0.268 e. The maximum atomic E-state index is 12.2. The van der Waals surface area contributed by atoms with Gasteiger partial charge in [0.2, 0.25) is 11.8 Å². The van der Waals surface area contributed by atoms with Crippen LogP contribution in [0.5, 0.6) is 11.6 Å². The Labute approximate surface area is 126 Å². The van der Waals surface area contributed by atoms with Gasteiger partial charge in [-0.15, -0.1) is 0 Å². The number of hydrogen-bond donors (Lipinski definition) is 1. The third-order valence-electron chi connectivity index (χ3n) is 3.06. The quantitative estimate of drug-likeness (QED) is 0.879. The molecule has 1 aromatic heterocycles. The van der Waals surface area contributed by atoms with Crippen LogP contribution in [-0.2, 0) is 11.2 Å². The molecule has 2 aromatic rings. The molecule has 0 saturated carbocycles. The number of ether oxygens (including phenoxy) is 2. The van der Waals surface area contributed by atoms with Gasteiger partial charge in [-0.2, -0.15) is 4.98 Å². The van der Waals surface area contributed by atoms with Crippen molar-refractivity contribution in [1.82, 2.24) is 9.97 Å². The fourth-order valence-electron chi connectivity index (χ4n) is 2.08. The van der Waals surface area contributed by atoms with Gasteiger partial charge in [-0.05, 0) is 11.6 Å². The lowest BCUT2D eigenvalue weighted by atomic mass is 10.1. The van der Waals surface area contributed by atoms with Gasteiger partial charge in [0.25, 0.3) is 5.91 Å². The fraction of sp³-hybridized carbons (Fsp3) is 0.214. The molecular weight excluding hydrogens is 294 g/mol. The Morgan fingerprint density at radius 2 is 2.24 bits per heavy atom. The van der Waals surface area contributed by atoms with E-state index in [1.54, 1.807) is 0 Å². The Balaban J connectivity index is 1.72. The first kappa shape index (κ1) is 13.6. The monoisotopic (exact) mass is 305 g/mol. The highest BCUT2D eigenvalue weighted by molar-refractivity contribution is 6.29. The lowest BCUT2D eigenvalue weighted by Gasteiger charge is -2.11. The maximum absolute atomic E-state index is 12.2. The summed E-state index contributed by atoms with van der Waals surface area (Å²) in [4.78, 5) is 20.1. The number of methoxy groups -OCH3 is 1. The topological polar surface area (TPSA) is 73.3 Å². The van der Waals surface area contributed by atoms with Crippen LogP contribution in [0.1, 0.15) is 5.56 Å². The number of halogens is 1. The molecule has 0 fully saturated rings. The van der Waals surface area contributed by atoms with Crippen molar-refractivity contribution in [2.45, 2.75) is 12.5 Å². The van der Waals surface area contributed by atoms with Crippen LogP contribution in [0.15, 0.2) is 30.3 Å². The van der Waals surface area contributed by atoms with Gasteiger partial charge in [-0.25, -0.2) is 4.98 Å². The van der Waals surface area contributed by atoms with Gasteiger partial charge < -0.3 is 9.47 Å². The summed E-state index contributed by atoms with van der Waals surface area (Å²) >= 11 is 5.83. The number of amides is 1. The SMILES string of the molecule is COc1cc(Cl)nc(NC(=O)C2Cc3ccccc3O2)n1. The molecule has 0 saturated heterocycles. The number of nitrogens with zero attached hydrogens (tertiary/aromatic N) is 2. The molecule has 1 atom stereocenters. The molecule has 21 heavy (non-hydrogen) atoms. The predicted molar refractivity (Wildman–Crippen MR) is 76.8 cm³/mol. The van der Waals surface area contributed by atoms with E-state index >= 15 is 0 Å². The van der Waals surface area contributed by atoms with Crippen LogP contribution in [0, 0.1) is 0 Å². The minimum absolute atomic E-state index is 0.0870. The van der Waals surface area contributed by atoms with Crippen LogP contribution in [0.4, 0.5) is 5.95 Å². The average Bonchev–Trinajstić information content (AvgIpc) is 2.90. The minimum atomic E-state index is -0.601. The Kier molecular flexibility index (Phi) is 3.62. The zero-order valence-corrected chi connectivity index (χ0v) is 11.9. The van der Waals surface area contributed by atoms with Crippen LogP contribution < -0.4 is 14.8 Å². The van der Waals surface area contributed by atoms with Crippen LogP contribution in [0.2, 0.25) is 5.15 Å². The number of hydrogen-bond acceptors (Lipinski definition) is 5. The summed E-state index contributed by atoms with van der Waals surface area (Å²) in [5.41, 5.74) is 1.00. The van der Waals surface area contributed by atoms with Crippen molar-refractivity contribution in [3.05, 3.63) is 41.0 Å². The second-order valence-electron chi connectivity index (χ2n) is 4.46. The number of aromatic nitrogens is 2. The number of nitrogens with one attached hydrogen (secondary N) is 1. The number of carbonyl (C=O) groups is 1. The summed E-state index contributed by atoms with van der Waals surface area (Å²) in [6, 6.07) is 9.00. The zero-order valence-electron chi connectivity index (χ0n) is 11.2. The summed E-state index contributed by atoms with van der Waals surface area (Å²) < 4.78 is 10.6. The molecule has 6 nitrogen and oxygen atoms in total. The van der Waals surface area contributed by atoms with E-state index in [9.17, 15) is 4.79 Å². The highest BCUT2D eigenvalue weighted by atomic mass is 35.5. The summed E-state index contributed by atoms with van der Waals surface area (Å²) in [5, 5.41) is 2.77. The van der Waals surface area contributed by atoms with E-state index in [1.807, 2.05) is 24.3 Å². The number of anilines is 1. The molecule has 2 heterocycles. The molecule has 0 radical (unpaired) electrons. The van der Waals surface area contributed by atoms with Crippen LogP contribution in [-0.4, -0.2) is 29.1 Å². The highest BCUT2D eigenvalue weighted by Gasteiger charge is 2.29. The van der Waals surface area contributed by atoms with Crippen molar-refractivity contribution in [2.75, 3.05) is 12.4 Å². The van der Waals surface area contributed by atoms with Crippen LogP contribution in [0.3, 0.4) is 0 Å². The largest absolute Gasteiger partial charge is 0.481 e. The van der Waals surface area contributed by atoms with Gasteiger partial charge in [0.15, 0.2) is 6.10 Å². The molecule has 0 spiro atoms. The van der Waals surface area contributed by atoms with Crippen molar-refractivity contribution in [3.63, 3.8) is 0 Å². The molecule has 1 unspecified atom stereocenters. The predicted octanol–water partition coefficient (Wildman–Crippen LogP) is 2.08. The molecule has 0 bridgehead atoms. The lowest BCUT2D eigenvalue weighted by Crippen LogP contribution is -2.32.